The van der Waals surface area contributed by atoms with Crippen LogP contribution in [0.1, 0.15) is 21.6 Å². The second-order valence-electron chi connectivity index (χ2n) is 4.67. The summed E-state index contributed by atoms with van der Waals surface area (Å²) in [4.78, 5) is 12.1. The summed E-state index contributed by atoms with van der Waals surface area (Å²) in [5, 5.41) is 7.03. The largest absolute Gasteiger partial charge is 0.454 e. The number of aryl methyl sites for hydroxylation is 2. The third kappa shape index (κ3) is 2.32. The van der Waals surface area contributed by atoms with Crippen LogP contribution in [0.3, 0.4) is 0 Å². The zero-order valence-corrected chi connectivity index (χ0v) is 11.3. The fraction of sp³-hybridized carbons (Fsp3) is 0.286. The lowest BCUT2D eigenvalue weighted by molar-refractivity contribution is 0.0950. The van der Waals surface area contributed by atoms with Crippen molar-refractivity contribution in [2.24, 2.45) is 7.05 Å². The van der Waals surface area contributed by atoms with Crippen LogP contribution in [0.25, 0.3) is 0 Å². The highest BCUT2D eigenvalue weighted by atomic mass is 16.7. The number of carbonyl (C=O) groups is 1. The normalized spacial score (nSPS) is 12.5. The van der Waals surface area contributed by atoms with Gasteiger partial charge in [0.1, 0.15) is 0 Å². The molecule has 0 bridgehead atoms. The molecule has 2 heterocycles. The molecule has 6 nitrogen and oxygen atoms in total. The van der Waals surface area contributed by atoms with Crippen LogP contribution in [0, 0.1) is 6.92 Å². The second kappa shape index (κ2) is 4.88. The molecular weight excluding hydrogens is 258 g/mol. The van der Waals surface area contributed by atoms with Gasteiger partial charge >= 0.3 is 0 Å². The van der Waals surface area contributed by atoms with Gasteiger partial charge in [0.15, 0.2) is 11.5 Å². The predicted octanol–water partition coefficient (Wildman–Crippen LogP) is 1.39. The Bertz CT molecular complexity index is 664. The van der Waals surface area contributed by atoms with Crippen molar-refractivity contribution in [2.75, 3.05) is 6.79 Å². The maximum absolute atomic E-state index is 12.1. The number of benzene rings is 1. The van der Waals surface area contributed by atoms with Gasteiger partial charge in [0.25, 0.3) is 5.91 Å². The lowest BCUT2D eigenvalue weighted by Gasteiger charge is -2.05. The minimum Gasteiger partial charge on any atom is -0.454 e. The summed E-state index contributed by atoms with van der Waals surface area (Å²) in [5.41, 5.74) is 2.27. The van der Waals surface area contributed by atoms with Gasteiger partial charge in [-0.05, 0) is 24.6 Å². The van der Waals surface area contributed by atoms with Gasteiger partial charge < -0.3 is 14.8 Å². The standard InChI is InChI=1S/C14H15N3O3/c1-9-11(7-17(2)16-9)14(18)15-6-10-3-4-12-13(5-10)20-8-19-12/h3-5,7H,6,8H2,1-2H3,(H,15,18). The Morgan fingerprint density at radius 1 is 1.40 bits per heavy atom. The summed E-state index contributed by atoms with van der Waals surface area (Å²) in [7, 11) is 1.79. The first kappa shape index (κ1) is 12.5. The van der Waals surface area contributed by atoms with Gasteiger partial charge in [-0.3, -0.25) is 9.48 Å². The Morgan fingerprint density at radius 3 is 2.95 bits per heavy atom. The van der Waals surface area contributed by atoms with Gasteiger partial charge in [0.05, 0.1) is 11.3 Å². The van der Waals surface area contributed by atoms with E-state index in [1.54, 1.807) is 17.9 Å². The molecule has 0 saturated heterocycles. The number of hydrogen-bond donors (Lipinski definition) is 1. The van der Waals surface area contributed by atoms with Crippen LogP contribution in [-0.4, -0.2) is 22.5 Å². The van der Waals surface area contributed by atoms with Gasteiger partial charge in [-0.25, -0.2) is 0 Å². The number of fused-ring (bicyclic) bond motifs is 1. The molecule has 1 aliphatic heterocycles. The van der Waals surface area contributed by atoms with Crippen LogP contribution in [0.4, 0.5) is 0 Å². The zero-order chi connectivity index (χ0) is 14.1. The number of hydrogen-bond acceptors (Lipinski definition) is 4. The molecule has 3 rings (SSSR count). The highest BCUT2D eigenvalue weighted by Gasteiger charge is 2.15. The topological polar surface area (TPSA) is 65.4 Å². The van der Waals surface area contributed by atoms with Gasteiger partial charge in [0, 0.05) is 19.8 Å². The molecule has 1 amide bonds. The highest BCUT2D eigenvalue weighted by molar-refractivity contribution is 5.94. The van der Waals surface area contributed by atoms with Gasteiger partial charge in [-0.1, -0.05) is 6.07 Å². The molecule has 1 N–H and O–H groups in total. The first-order valence-electron chi connectivity index (χ1n) is 6.30. The molecule has 0 fully saturated rings. The van der Waals surface area contributed by atoms with Crippen LogP contribution >= 0.6 is 0 Å². The molecule has 1 aromatic heterocycles. The van der Waals surface area contributed by atoms with Crippen LogP contribution in [0.5, 0.6) is 11.5 Å². The molecule has 0 atom stereocenters. The number of nitrogens with one attached hydrogen (secondary N) is 1. The SMILES string of the molecule is Cc1nn(C)cc1C(=O)NCc1ccc2c(c1)OCO2. The number of amides is 1. The molecule has 20 heavy (non-hydrogen) atoms. The van der Waals surface area contributed by atoms with Crippen LogP contribution in [-0.2, 0) is 13.6 Å². The van der Waals surface area contributed by atoms with Crippen LogP contribution in [0.2, 0.25) is 0 Å². The lowest BCUT2D eigenvalue weighted by Crippen LogP contribution is -2.23. The van der Waals surface area contributed by atoms with Gasteiger partial charge in [0.2, 0.25) is 6.79 Å². The van der Waals surface area contributed by atoms with Crippen molar-refractivity contribution in [3.05, 3.63) is 41.2 Å². The first-order chi connectivity index (χ1) is 9.63. The average molecular weight is 273 g/mol. The molecule has 0 radical (unpaired) electrons. The van der Waals surface area contributed by atoms with E-state index in [0.717, 1.165) is 17.0 Å². The van der Waals surface area contributed by atoms with E-state index in [4.69, 9.17) is 9.47 Å². The van der Waals surface area contributed by atoms with Gasteiger partial charge in [-0.2, -0.15) is 5.10 Å². The highest BCUT2D eigenvalue weighted by Crippen LogP contribution is 2.32. The van der Waals surface area contributed by atoms with E-state index in [1.165, 1.54) is 0 Å². The van der Waals surface area contributed by atoms with Gasteiger partial charge in [-0.15, -0.1) is 0 Å². The quantitative estimate of drug-likeness (QED) is 0.917. The number of nitrogens with zero attached hydrogens (tertiary/aromatic N) is 2. The van der Waals surface area contributed by atoms with Crippen molar-refractivity contribution in [1.29, 1.82) is 0 Å². The second-order valence-corrected chi connectivity index (χ2v) is 4.67. The summed E-state index contributed by atoms with van der Waals surface area (Å²) in [5.74, 6) is 1.32. The number of ether oxygens (including phenoxy) is 2. The summed E-state index contributed by atoms with van der Waals surface area (Å²) in [6.45, 7) is 2.50. The van der Waals surface area contributed by atoms with Crippen molar-refractivity contribution >= 4 is 5.91 Å². The Morgan fingerprint density at radius 2 is 2.20 bits per heavy atom. The number of rotatable bonds is 3. The fourth-order valence-corrected chi connectivity index (χ4v) is 2.15. The van der Waals surface area contributed by atoms with Crippen molar-refractivity contribution in [3.8, 4) is 11.5 Å². The summed E-state index contributed by atoms with van der Waals surface area (Å²) < 4.78 is 12.2. The zero-order valence-electron chi connectivity index (χ0n) is 11.3. The molecule has 1 aliphatic rings. The third-order valence-corrected chi connectivity index (χ3v) is 3.15. The average Bonchev–Trinajstić information content (AvgIpc) is 3.01. The van der Waals surface area contributed by atoms with Crippen LogP contribution < -0.4 is 14.8 Å². The molecule has 1 aromatic carbocycles. The molecule has 0 unspecified atom stereocenters. The summed E-state index contributed by atoms with van der Waals surface area (Å²) in [6, 6.07) is 5.63. The van der Waals surface area contributed by atoms with E-state index in [9.17, 15) is 4.79 Å². The van der Waals surface area contributed by atoms with Crippen molar-refractivity contribution < 1.29 is 14.3 Å². The number of aromatic nitrogens is 2. The van der Waals surface area contributed by atoms with Crippen LogP contribution in [0.15, 0.2) is 24.4 Å². The minimum atomic E-state index is -0.131. The van der Waals surface area contributed by atoms with E-state index in [2.05, 4.69) is 10.4 Å². The molecule has 104 valence electrons. The molecular formula is C14H15N3O3. The number of carbonyl (C=O) groups excluding carboxylic acids is 1. The van der Waals surface area contributed by atoms with E-state index in [0.29, 0.717) is 17.9 Å². The minimum absolute atomic E-state index is 0.131. The smallest absolute Gasteiger partial charge is 0.255 e. The van der Waals surface area contributed by atoms with E-state index in [-0.39, 0.29) is 12.7 Å². The molecule has 0 aliphatic carbocycles. The van der Waals surface area contributed by atoms with Crippen molar-refractivity contribution in [2.45, 2.75) is 13.5 Å². The monoisotopic (exact) mass is 273 g/mol. The summed E-state index contributed by atoms with van der Waals surface area (Å²) in [6.07, 6.45) is 1.71. The van der Waals surface area contributed by atoms with Crippen molar-refractivity contribution in [1.82, 2.24) is 15.1 Å². The van der Waals surface area contributed by atoms with E-state index in [1.807, 2.05) is 25.1 Å². The lowest BCUT2D eigenvalue weighted by atomic mass is 10.2. The molecule has 0 spiro atoms. The van der Waals surface area contributed by atoms with E-state index < -0.39 is 0 Å². The fourth-order valence-electron chi connectivity index (χ4n) is 2.15. The molecule has 0 saturated carbocycles. The molecule has 6 heteroatoms. The Labute approximate surface area is 116 Å². The first-order valence-corrected chi connectivity index (χ1v) is 6.30. The molecule has 2 aromatic rings. The maximum Gasteiger partial charge on any atom is 0.255 e. The third-order valence-electron chi connectivity index (χ3n) is 3.15. The Kier molecular flexibility index (Phi) is 3.06. The predicted molar refractivity (Wildman–Crippen MR) is 71.7 cm³/mol. The van der Waals surface area contributed by atoms with Crippen molar-refractivity contribution in [3.63, 3.8) is 0 Å². The maximum atomic E-state index is 12.1. The van der Waals surface area contributed by atoms with E-state index >= 15 is 0 Å². The summed E-state index contributed by atoms with van der Waals surface area (Å²) >= 11 is 0. The Hall–Kier alpha value is -2.50. The Balaban J connectivity index is 1.67.